The highest BCUT2D eigenvalue weighted by molar-refractivity contribution is 5.99. The van der Waals surface area contributed by atoms with Crippen molar-refractivity contribution >= 4 is 17.3 Å². The van der Waals surface area contributed by atoms with Crippen molar-refractivity contribution in [2.75, 3.05) is 0 Å². The molecule has 1 aliphatic carbocycles. The molecule has 0 N–H and O–H groups in total. The Morgan fingerprint density at radius 3 is 2.21 bits per heavy atom. The van der Waals surface area contributed by atoms with Crippen LogP contribution in [0.4, 0.5) is 0 Å². The van der Waals surface area contributed by atoms with Crippen LogP contribution in [-0.4, -0.2) is 17.3 Å². The van der Waals surface area contributed by atoms with Gasteiger partial charge in [-0.1, -0.05) is 85.5 Å². The van der Waals surface area contributed by atoms with Crippen LogP contribution in [0.15, 0.2) is 23.3 Å². The summed E-state index contributed by atoms with van der Waals surface area (Å²) in [6.07, 6.45) is 12.5. The summed E-state index contributed by atoms with van der Waals surface area (Å²) in [6.45, 7) is 18.6. The summed E-state index contributed by atoms with van der Waals surface area (Å²) < 4.78 is 0. The van der Waals surface area contributed by atoms with Crippen molar-refractivity contribution in [2.24, 2.45) is 23.2 Å². The molecule has 0 saturated carbocycles. The molecule has 0 heterocycles. The molecule has 33 heavy (non-hydrogen) atoms. The highest BCUT2D eigenvalue weighted by Gasteiger charge is 2.30. The Bertz CT molecular complexity index is 675. The summed E-state index contributed by atoms with van der Waals surface area (Å²) >= 11 is 0. The molecule has 0 aliphatic heterocycles. The third-order valence-electron chi connectivity index (χ3n) is 6.41. The van der Waals surface area contributed by atoms with Crippen LogP contribution in [0.1, 0.15) is 127 Å². The molecular formula is C30H52O3. The maximum atomic E-state index is 12.9. The maximum Gasteiger partial charge on any atom is 0.143 e. The van der Waals surface area contributed by atoms with E-state index in [0.717, 1.165) is 38.5 Å². The molecule has 1 rings (SSSR count). The van der Waals surface area contributed by atoms with Gasteiger partial charge in [0.2, 0.25) is 0 Å². The molecule has 0 aromatic carbocycles. The van der Waals surface area contributed by atoms with Crippen LogP contribution in [0.25, 0.3) is 0 Å². The maximum absolute atomic E-state index is 12.9. The van der Waals surface area contributed by atoms with Gasteiger partial charge in [0.15, 0.2) is 0 Å². The molecular weight excluding hydrogens is 408 g/mol. The molecule has 190 valence electrons. The quantitative estimate of drug-likeness (QED) is 0.324. The second-order valence-corrected chi connectivity index (χ2v) is 11.1. The van der Waals surface area contributed by atoms with E-state index in [4.69, 9.17) is 0 Å². The number of carbonyl (C=O) groups excluding carboxylic acids is 3. The standard InChI is InChI=1S/C27H44O3.C3H8/c1-8-12-22(24(9-2)26(30)16-20(4)28)17-21-13-10-11-14-25(27(5,6)7)19(3)15-23(29)18-21;1-3-2/h11,14,21-22,24H,8-10,12-13,15-18H2,1-7H3;3H2,1-2H3/b14-11-,25-19+;. The molecule has 0 aromatic rings. The van der Waals surface area contributed by atoms with E-state index < -0.39 is 0 Å². The predicted molar refractivity (Wildman–Crippen MR) is 141 cm³/mol. The minimum atomic E-state index is -0.0657. The van der Waals surface area contributed by atoms with E-state index in [-0.39, 0.29) is 35.2 Å². The molecule has 0 fully saturated rings. The zero-order valence-electron chi connectivity index (χ0n) is 23.2. The lowest BCUT2D eigenvalue weighted by Gasteiger charge is -2.29. The van der Waals surface area contributed by atoms with Crippen LogP contribution in [0.2, 0.25) is 0 Å². The van der Waals surface area contributed by atoms with E-state index >= 15 is 0 Å². The first-order valence-corrected chi connectivity index (χ1v) is 13.3. The smallest absolute Gasteiger partial charge is 0.143 e. The van der Waals surface area contributed by atoms with Gasteiger partial charge in [-0.15, -0.1) is 0 Å². The lowest BCUT2D eigenvalue weighted by atomic mass is 9.74. The van der Waals surface area contributed by atoms with E-state index in [9.17, 15) is 14.4 Å². The van der Waals surface area contributed by atoms with E-state index in [0.29, 0.717) is 24.5 Å². The van der Waals surface area contributed by atoms with Crippen molar-refractivity contribution in [3.63, 3.8) is 0 Å². The Morgan fingerprint density at radius 2 is 1.73 bits per heavy atom. The fourth-order valence-electron chi connectivity index (χ4n) is 5.14. The van der Waals surface area contributed by atoms with E-state index in [1.165, 1.54) is 24.5 Å². The highest BCUT2D eigenvalue weighted by atomic mass is 16.1. The van der Waals surface area contributed by atoms with E-state index in [2.05, 4.69) is 67.5 Å². The van der Waals surface area contributed by atoms with Gasteiger partial charge in [-0.2, -0.15) is 0 Å². The Hall–Kier alpha value is -1.51. The minimum absolute atomic E-state index is 0.0388. The van der Waals surface area contributed by atoms with Crippen LogP contribution in [0.5, 0.6) is 0 Å². The minimum Gasteiger partial charge on any atom is -0.300 e. The van der Waals surface area contributed by atoms with Crippen molar-refractivity contribution in [3.05, 3.63) is 23.3 Å². The number of hydrogen-bond acceptors (Lipinski definition) is 3. The SMILES string of the molecule is CCC.CCCC(CC1CC/C=C\C(C(C)(C)C)=C(\C)CC(=O)C1)C(CC)C(=O)CC(C)=O. The monoisotopic (exact) mass is 460 g/mol. The summed E-state index contributed by atoms with van der Waals surface area (Å²) in [5.74, 6) is 0.852. The number of allylic oxidation sites excluding steroid dienone is 4. The van der Waals surface area contributed by atoms with Crippen molar-refractivity contribution < 1.29 is 14.4 Å². The molecule has 0 radical (unpaired) electrons. The first kappa shape index (κ1) is 31.5. The largest absolute Gasteiger partial charge is 0.300 e. The molecule has 0 aromatic heterocycles. The number of hydrogen-bond donors (Lipinski definition) is 0. The molecule has 0 bridgehead atoms. The van der Waals surface area contributed by atoms with Gasteiger partial charge in [0.1, 0.15) is 17.3 Å². The first-order valence-electron chi connectivity index (χ1n) is 13.3. The number of Topliss-reactive ketones (excluding diaryl/α,β-unsaturated/α-hetero) is 3. The molecule has 0 saturated heterocycles. The lowest BCUT2D eigenvalue weighted by Crippen LogP contribution is -2.27. The van der Waals surface area contributed by atoms with Gasteiger partial charge in [0.05, 0.1) is 6.42 Å². The number of ketones is 3. The van der Waals surface area contributed by atoms with Gasteiger partial charge in [-0.25, -0.2) is 0 Å². The Kier molecular flexibility index (Phi) is 15.4. The van der Waals surface area contributed by atoms with Crippen molar-refractivity contribution in [2.45, 2.75) is 127 Å². The third kappa shape index (κ3) is 12.5. The van der Waals surface area contributed by atoms with Gasteiger partial charge in [-0.3, -0.25) is 14.4 Å². The fourth-order valence-corrected chi connectivity index (χ4v) is 5.14. The molecule has 0 spiro atoms. The van der Waals surface area contributed by atoms with Crippen molar-refractivity contribution in [3.8, 4) is 0 Å². The van der Waals surface area contributed by atoms with Crippen molar-refractivity contribution in [1.29, 1.82) is 0 Å². The summed E-state index contributed by atoms with van der Waals surface area (Å²) in [7, 11) is 0. The lowest BCUT2D eigenvalue weighted by molar-refractivity contribution is -0.129. The second-order valence-electron chi connectivity index (χ2n) is 11.1. The van der Waals surface area contributed by atoms with Gasteiger partial charge >= 0.3 is 0 Å². The average Bonchev–Trinajstić information content (AvgIpc) is 2.66. The van der Waals surface area contributed by atoms with Crippen LogP contribution >= 0.6 is 0 Å². The van der Waals surface area contributed by atoms with Crippen LogP contribution in [0.3, 0.4) is 0 Å². The Labute approximate surface area is 204 Å². The molecule has 1 aliphatic rings. The number of rotatable bonds is 9. The summed E-state index contributed by atoms with van der Waals surface area (Å²) in [6, 6.07) is 0. The molecule has 0 amide bonds. The highest BCUT2D eigenvalue weighted by Crippen LogP contribution is 2.35. The van der Waals surface area contributed by atoms with Crippen LogP contribution < -0.4 is 0 Å². The first-order chi connectivity index (χ1) is 15.4. The summed E-state index contributed by atoms with van der Waals surface area (Å²) in [5.41, 5.74) is 2.49. The fraction of sp³-hybridized carbons (Fsp3) is 0.767. The zero-order chi connectivity index (χ0) is 25.6. The second kappa shape index (κ2) is 16.2. The van der Waals surface area contributed by atoms with E-state index in [1.54, 1.807) is 0 Å². The third-order valence-corrected chi connectivity index (χ3v) is 6.41. The molecule has 3 unspecified atom stereocenters. The zero-order valence-corrected chi connectivity index (χ0v) is 23.2. The van der Waals surface area contributed by atoms with Gasteiger partial charge in [0.25, 0.3) is 0 Å². The normalized spacial score (nSPS) is 22.6. The van der Waals surface area contributed by atoms with Gasteiger partial charge < -0.3 is 0 Å². The van der Waals surface area contributed by atoms with Gasteiger partial charge in [0, 0.05) is 18.8 Å². The summed E-state index contributed by atoms with van der Waals surface area (Å²) in [5, 5.41) is 0. The van der Waals surface area contributed by atoms with Crippen LogP contribution in [0, 0.1) is 23.2 Å². The average molecular weight is 461 g/mol. The summed E-state index contributed by atoms with van der Waals surface area (Å²) in [4.78, 5) is 37.1. The molecule has 3 heteroatoms. The Balaban J connectivity index is 0.00000322. The number of carbonyl (C=O) groups is 3. The van der Waals surface area contributed by atoms with Crippen molar-refractivity contribution in [1.82, 2.24) is 0 Å². The van der Waals surface area contributed by atoms with E-state index in [1.807, 2.05) is 0 Å². The predicted octanol–water partition coefficient (Wildman–Crippen LogP) is 8.46. The Morgan fingerprint density at radius 1 is 1.12 bits per heavy atom. The molecule has 3 atom stereocenters. The van der Waals surface area contributed by atoms with Gasteiger partial charge in [-0.05, 0) is 62.4 Å². The topological polar surface area (TPSA) is 51.2 Å². The van der Waals surface area contributed by atoms with Crippen LogP contribution in [-0.2, 0) is 14.4 Å². The molecule has 3 nitrogen and oxygen atoms in total.